The second-order valence-electron chi connectivity index (χ2n) is 9.50. The molecule has 0 spiro atoms. The molecule has 0 bridgehead atoms. The maximum absolute atomic E-state index is 12.7. The van der Waals surface area contributed by atoms with Gasteiger partial charge < -0.3 is 15.0 Å². The summed E-state index contributed by atoms with van der Waals surface area (Å²) in [5, 5.41) is 2.92. The first kappa shape index (κ1) is 27.9. The summed E-state index contributed by atoms with van der Waals surface area (Å²) in [5.41, 5.74) is 1.44. The van der Waals surface area contributed by atoms with E-state index < -0.39 is 6.04 Å². The van der Waals surface area contributed by atoms with Crippen molar-refractivity contribution in [3.05, 3.63) is 35.4 Å². The Bertz CT molecular complexity index is 747. The van der Waals surface area contributed by atoms with Crippen LogP contribution in [0.1, 0.15) is 113 Å². The van der Waals surface area contributed by atoms with Gasteiger partial charge in [0.1, 0.15) is 6.04 Å². The molecule has 34 heavy (non-hydrogen) atoms. The van der Waals surface area contributed by atoms with Gasteiger partial charge in [0.25, 0.3) is 0 Å². The first-order valence-electron chi connectivity index (χ1n) is 13.3. The maximum atomic E-state index is 12.7. The van der Waals surface area contributed by atoms with E-state index in [4.69, 9.17) is 4.74 Å². The second-order valence-corrected chi connectivity index (χ2v) is 9.50. The number of carbonyl (C=O) groups is 3. The predicted octanol–water partition coefficient (Wildman–Crippen LogP) is 5.78. The van der Waals surface area contributed by atoms with E-state index in [1.165, 1.54) is 71.3 Å². The van der Waals surface area contributed by atoms with Crippen LogP contribution in [-0.4, -0.2) is 42.4 Å². The molecule has 0 radical (unpaired) electrons. The van der Waals surface area contributed by atoms with E-state index in [1.807, 2.05) is 12.1 Å². The maximum Gasteiger partial charge on any atom is 0.337 e. The van der Waals surface area contributed by atoms with Gasteiger partial charge in [-0.15, -0.1) is 0 Å². The molecule has 2 amide bonds. The number of esters is 1. The van der Waals surface area contributed by atoms with Gasteiger partial charge in [0.15, 0.2) is 0 Å². The van der Waals surface area contributed by atoms with Crippen molar-refractivity contribution in [2.45, 2.75) is 109 Å². The summed E-state index contributed by atoms with van der Waals surface area (Å²) < 4.78 is 4.71. The lowest BCUT2D eigenvalue weighted by Crippen LogP contribution is -2.41. The van der Waals surface area contributed by atoms with Crippen LogP contribution in [0.25, 0.3) is 0 Å². The Kier molecular flexibility index (Phi) is 13.4. The molecule has 1 atom stereocenters. The molecule has 1 aromatic carbocycles. The summed E-state index contributed by atoms with van der Waals surface area (Å²) in [5.74, 6) is -0.422. The molecule has 6 heteroatoms. The second kappa shape index (κ2) is 16.3. The van der Waals surface area contributed by atoms with E-state index in [0.717, 1.165) is 18.4 Å². The highest BCUT2D eigenvalue weighted by Gasteiger charge is 2.32. The number of likely N-dealkylation sites (tertiary alicyclic amines) is 1. The average Bonchev–Trinajstić information content (AvgIpc) is 3.18. The van der Waals surface area contributed by atoms with Gasteiger partial charge >= 0.3 is 5.97 Å². The minimum absolute atomic E-state index is 0.0188. The van der Waals surface area contributed by atoms with Crippen molar-refractivity contribution in [3.8, 4) is 0 Å². The van der Waals surface area contributed by atoms with Gasteiger partial charge in [-0.25, -0.2) is 4.79 Å². The van der Waals surface area contributed by atoms with E-state index in [9.17, 15) is 14.4 Å². The molecular formula is C28H44N2O4. The molecule has 0 aromatic heterocycles. The highest BCUT2D eigenvalue weighted by atomic mass is 16.5. The van der Waals surface area contributed by atoms with E-state index in [0.29, 0.717) is 31.5 Å². The van der Waals surface area contributed by atoms with Crippen LogP contribution in [0, 0.1) is 0 Å². The van der Waals surface area contributed by atoms with Crippen LogP contribution in [0.4, 0.5) is 0 Å². The fourth-order valence-corrected chi connectivity index (χ4v) is 4.51. The molecule has 6 nitrogen and oxygen atoms in total. The van der Waals surface area contributed by atoms with Gasteiger partial charge in [-0.05, 0) is 30.5 Å². The lowest BCUT2D eigenvalue weighted by molar-refractivity contribution is -0.133. The fourth-order valence-electron chi connectivity index (χ4n) is 4.51. The molecular weight excluding hydrogens is 428 g/mol. The van der Waals surface area contributed by atoms with Crippen LogP contribution in [0.5, 0.6) is 0 Å². The number of nitrogens with zero attached hydrogens (tertiary/aromatic N) is 1. The standard InChI is InChI=1S/C28H44N2O4/c1-3-4-5-6-7-8-9-10-11-12-13-14-15-26(31)29-25-20-21-30(27(25)32)22-23-16-18-24(19-17-23)28(33)34-2/h16-19,25H,3-15,20-22H2,1-2H3,(H,29,31)/t25-/m1/s1. The topological polar surface area (TPSA) is 75.7 Å². The molecule has 1 heterocycles. The first-order chi connectivity index (χ1) is 16.5. The van der Waals surface area contributed by atoms with E-state index in [-0.39, 0.29) is 17.8 Å². The molecule has 1 aliphatic heterocycles. The van der Waals surface area contributed by atoms with Crippen LogP contribution >= 0.6 is 0 Å². The SMILES string of the molecule is CCCCCCCCCCCCCCC(=O)N[C@@H]1CCN(Cc2ccc(C(=O)OC)cc2)C1=O. The molecule has 190 valence electrons. The van der Waals surface area contributed by atoms with E-state index >= 15 is 0 Å². The van der Waals surface area contributed by atoms with Gasteiger partial charge in [-0.2, -0.15) is 0 Å². The Labute approximate surface area is 205 Å². The van der Waals surface area contributed by atoms with Crippen molar-refractivity contribution in [1.82, 2.24) is 10.2 Å². The Morgan fingerprint density at radius 2 is 1.47 bits per heavy atom. The Balaban J connectivity index is 1.54. The van der Waals surface area contributed by atoms with Crippen molar-refractivity contribution in [2.75, 3.05) is 13.7 Å². The third-order valence-corrected chi connectivity index (χ3v) is 6.64. The molecule has 0 aliphatic carbocycles. The first-order valence-corrected chi connectivity index (χ1v) is 13.3. The zero-order valence-corrected chi connectivity index (χ0v) is 21.3. The van der Waals surface area contributed by atoms with Crippen LogP contribution in [0.3, 0.4) is 0 Å². The number of amides is 2. The number of unbranched alkanes of at least 4 members (excludes halogenated alkanes) is 11. The van der Waals surface area contributed by atoms with Crippen LogP contribution in [0.2, 0.25) is 0 Å². The smallest absolute Gasteiger partial charge is 0.337 e. The number of rotatable bonds is 17. The number of carbonyl (C=O) groups excluding carboxylic acids is 3. The molecule has 1 aromatic rings. The Morgan fingerprint density at radius 3 is 2.03 bits per heavy atom. The molecule has 2 rings (SSSR count). The Morgan fingerprint density at radius 1 is 0.912 bits per heavy atom. The normalized spacial score (nSPS) is 15.5. The average molecular weight is 473 g/mol. The Hall–Kier alpha value is -2.37. The van der Waals surface area contributed by atoms with Gasteiger partial charge in [0, 0.05) is 19.5 Å². The molecule has 0 saturated carbocycles. The molecule has 1 aliphatic rings. The zero-order valence-electron chi connectivity index (χ0n) is 21.3. The largest absolute Gasteiger partial charge is 0.465 e. The number of methoxy groups -OCH3 is 1. The summed E-state index contributed by atoms with van der Waals surface area (Å²) in [7, 11) is 1.35. The molecule has 1 saturated heterocycles. The van der Waals surface area contributed by atoms with Crippen molar-refractivity contribution in [1.29, 1.82) is 0 Å². The third-order valence-electron chi connectivity index (χ3n) is 6.64. The van der Waals surface area contributed by atoms with Crippen LogP contribution in [0.15, 0.2) is 24.3 Å². The number of hydrogen-bond acceptors (Lipinski definition) is 4. The van der Waals surface area contributed by atoms with Crippen molar-refractivity contribution < 1.29 is 19.1 Å². The van der Waals surface area contributed by atoms with Gasteiger partial charge in [-0.1, -0.05) is 89.7 Å². The summed E-state index contributed by atoms with van der Waals surface area (Å²) in [6.07, 6.45) is 16.4. The predicted molar refractivity (Wildman–Crippen MR) is 135 cm³/mol. The van der Waals surface area contributed by atoms with E-state index in [1.54, 1.807) is 17.0 Å². The fraction of sp³-hybridized carbons (Fsp3) is 0.679. The number of hydrogen-bond donors (Lipinski definition) is 1. The summed E-state index contributed by atoms with van der Waals surface area (Å²) in [4.78, 5) is 38.3. The van der Waals surface area contributed by atoms with E-state index in [2.05, 4.69) is 12.2 Å². The number of benzene rings is 1. The number of nitrogens with one attached hydrogen (secondary N) is 1. The van der Waals surface area contributed by atoms with Crippen LogP contribution in [-0.2, 0) is 20.9 Å². The summed E-state index contributed by atoms with van der Waals surface area (Å²) in [6.45, 7) is 3.36. The highest BCUT2D eigenvalue weighted by Crippen LogP contribution is 2.17. The van der Waals surface area contributed by atoms with Gasteiger partial charge in [0.05, 0.1) is 12.7 Å². The van der Waals surface area contributed by atoms with Gasteiger partial charge in [0.2, 0.25) is 11.8 Å². The quantitative estimate of drug-likeness (QED) is 0.230. The van der Waals surface area contributed by atoms with Crippen molar-refractivity contribution >= 4 is 17.8 Å². The highest BCUT2D eigenvalue weighted by molar-refractivity contribution is 5.90. The third kappa shape index (κ3) is 10.3. The monoisotopic (exact) mass is 472 g/mol. The molecule has 1 N–H and O–H groups in total. The molecule has 1 fully saturated rings. The molecule has 0 unspecified atom stereocenters. The summed E-state index contributed by atoms with van der Waals surface area (Å²) in [6, 6.07) is 6.66. The minimum Gasteiger partial charge on any atom is -0.465 e. The van der Waals surface area contributed by atoms with Crippen molar-refractivity contribution in [3.63, 3.8) is 0 Å². The zero-order chi connectivity index (χ0) is 24.6. The summed E-state index contributed by atoms with van der Waals surface area (Å²) >= 11 is 0. The van der Waals surface area contributed by atoms with Crippen LogP contribution < -0.4 is 5.32 Å². The van der Waals surface area contributed by atoms with Crippen molar-refractivity contribution in [2.24, 2.45) is 0 Å². The number of ether oxygens (including phenoxy) is 1. The van der Waals surface area contributed by atoms with Gasteiger partial charge in [-0.3, -0.25) is 9.59 Å². The lowest BCUT2D eigenvalue weighted by atomic mass is 10.0. The minimum atomic E-state index is -0.417. The lowest BCUT2D eigenvalue weighted by Gasteiger charge is -2.17.